The van der Waals surface area contributed by atoms with E-state index in [1.165, 1.54) is 33.4 Å². The zero-order chi connectivity index (χ0) is 23.2. The van der Waals surface area contributed by atoms with Gasteiger partial charge in [-0.3, -0.25) is 0 Å². The van der Waals surface area contributed by atoms with Crippen LogP contribution < -0.4 is 5.32 Å². The third kappa shape index (κ3) is 5.27. The highest BCUT2D eigenvalue weighted by molar-refractivity contribution is 5.68. The number of benzene rings is 5. The standard InChI is InChI=1S/C33H29N/c1-25-12-16-30(17-13-25)33(29-8-4-2-5-9-29)24-26-14-18-27(19-15-26)28-20-22-32(23-21-28)34-31-10-6-3-7-11-31/h2-23,33-34H,24H2,1H3. The minimum Gasteiger partial charge on any atom is -0.356 e. The monoisotopic (exact) mass is 439 g/mol. The molecule has 5 rings (SSSR count). The Balaban J connectivity index is 1.33. The molecule has 0 aromatic heterocycles. The zero-order valence-corrected chi connectivity index (χ0v) is 19.5. The minimum absolute atomic E-state index is 0.344. The van der Waals surface area contributed by atoms with Crippen LogP contribution in [0.15, 0.2) is 133 Å². The van der Waals surface area contributed by atoms with Gasteiger partial charge in [-0.25, -0.2) is 0 Å². The molecule has 0 aliphatic rings. The maximum atomic E-state index is 3.45. The van der Waals surface area contributed by atoms with Crippen molar-refractivity contribution >= 4 is 11.4 Å². The van der Waals surface area contributed by atoms with Crippen molar-refractivity contribution < 1.29 is 0 Å². The summed E-state index contributed by atoms with van der Waals surface area (Å²) in [7, 11) is 0. The summed E-state index contributed by atoms with van der Waals surface area (Å²) in [6.07, 6.45) is 0.979. The highest BCUT2D eigenvalue weighted by atomic mass is 14.9. The zero-order valence-electron chi connectivity index (χ0n) is 19.5. The number of aryl methyl sites for hydroxylation is 1. The van der Waals surface area contributed by atoms with Gasteiger partial charge in [-0.1, -0.05) is 115 Å². The summed E-state index contributed by atoms with van der Waals surface area (Å²) in [5.74, 6) is 0.344. The molecule has 0 amide bonds. The van der Waals surface area contributed by atoms with E-state index in [4.69, 9.17) is 0 Å². The number of nitrogens with one attached hydrogen (secondary N) is 1. The van der Waals surface area contributed by atoms with Crippen LogP contribution in [-0.2, 0) is 6.42 Å². The van der Waals surface area contributed by atoms with Crippen LogP contribution in [0, 0.1) is 6.92 Å². The maximum absolute atomic E-state index is 3.45. The van der Waals surface area contributed by atoms with Crippen molar-refractivity contribution in [3.63, 3.8) is 0 Å². The normalized spacial score (nSPS) is 11.7. The fraction of sp³-hybridized carbons (Fsp3) is 0.0909. The predicted molar refractivity (Wildman–Crippen MR) is 145 cm³/mol. The van der Waals surface area contributed by atoms with Gasteiger partial charge in [-0.15, -0.1) is 0 Å². The molecule has 5 aromatic rings. The molecule has 34 heavy (non-hydrogen) atoms. The second-order valence-electron chi connectivity index (χ2n) is 8.84. The van der Waals surface area contributed by atoms with Gasteiger partial charge in [0.05, 0.1) is 0 Å². The van der Waals surface area contributed by atoms with E-state index in [9.17, 15) is 0 Å². The fourth-order valence-corrected chi connectivity index (χ4v) is 4.42. The Bertz CT molecular complexity index is 1300. The molecule has 0 aliphatic heterocycles. The van der Waals surface area contributed by atoms with Crippen LogP contribution in [0.5, 0.6) is 0 Å². The number of anilines is 2. The molecule has 1 atom stereocenters. The lowest BCUT2D eigenvalue weighted by Gasteiger charge is -2.19. The molecule has 166 valence electrons. The summed E-state index contributed by atoms with van der Waals surface area (Å²) in [6.45, 7) is 2.14. The average molecular weight is 440 g/mol. The molecule has 5 aromatic carbocycles. The second-order valence-corrected chi connectivity index (χ2v) is 8.84. The highest BCUT2D eigenvalue weighted by Crippen LogP contribution is 2.30. The van der Waals surface area contributed by atoms with E-state index >= 15 is 0 Å². The predicted octanol–water partition coefficient (Wildman–Crippen LogP) is 8.78. The van der Waals surface area contributed by atoms with Gasteiger partial charge < -0.3 is 5.32 Å². The van der Waals surface area contributed by atoms with Crippen LogP contribution in [0.3, 0.4) is 0 Å². The molecule has 0 bridgehead atoms. The van der Waals surface area contributed by atoms with E-state index in [1.54, 1.807) is 0 Å². The molecule has 0 aliphatic carbocycles. The van der Waals surface area contributed by atoms with Crippen molar-refractivity contribution in [1.29, 1.82) is 0 Å². The van der Waals surface area contributed by atoms with Gasteiger partial charge in [0.15, 0.2) is 0 Å². The molecule has 1 N–H and O–H groups in total. The van der Waals surface area contributed by atoms with Crippen molar-refractivity contribution in [2.24, 2.45) is 0 Å². The second kappa shape index (κ2) is 10.2. The molecule has 0 fully saturated rings. The molecule has 0 heterocycles. The van der Waals surface area contributed by atoms with E-state index < -0.39 is 0 Å². The Kier molecular flexibility index (Phi) is 6.54. The van der Waals surface area contributed by atoms with Crippen LogP contribution in [0.4, 0.5) is 11.4 Å². The SMILES string of the molecule is Cc1ccc(C(Cc2ccc(-c3ccc(Nc4ccccc4)cc3)cc2)c2ccccc2)cc1. The van der Waals surface area contributed by atoms with Crippen LogP contribution in [0.1, 0.15) is 28.2 Å². The summed E-state index contributed by atoms with van der Waals surface area (Å²) in [5, 5.41) is 3.45. The van der Waals surface area contributed by atoms with Gasteiger partial charge in [-0.2, -0.15) is 0 Å². The van der Waals surface area contributed by atoms with Gasteiger partial charge in [0.1, 0.15) is 0 Å². The van der Waals surface area contributed by atoms with E-state index in [-0.39, 0.29) is 0 Å². The topological polar surface area (TPSA) is 12.0 Å². The Morgan fingerprint density at radius 3 is 1.62 bits per heavy atom. The van der Waals surface area contributed by atoms with Gasteiger partial charge in [0.25, 0.3) is 0 Å². The Hall–Kier alpha value is -4.10. The first-order valence-electron chi connectivity index (χ1n) is 11.9. The quantitative estimate of drug-likeness (QED) is 0.267. The van der Waals surface area contributed by atoms with Crippen molar-refractivity contribution in [3.05, 3.63) is 156 Å². The highest BCUT2D eigenvalue weighted by Gasteiger charge is 2.15. The largest absolute Gasteiger partial charge is 0.356 e. The third-order valence-corrected chi connectivity index (χ3v) is 6.36. The van der Waals surface area contributed by atoms with E-state index in [2.05, 4.69) is 128 Å². The lowest BCUT2D eigenvalue weighted by Crippen LogP contribution is -2.05. The van der Waals surface area contributed by atoms with Crippen molar-refractivity contribution in [2.75, 3.05) is 5.32 Å². The smallest absolute Gasteiger partial charge is 0.0384 e. The van der Waals surface area contributed by atoms with Crippen molar-refractivity contribution in [2.45, 2.75) is 19.3 Å². The lowest BCUT2D eigenvalue weighted by atomic mass is 9.85. The molecule has 0 saturated heterocycles. The maximum Gasteiger partial charge on any atom is 0.0384 e. The Morgan fingerprint density at radius 2 is 1.00 bits per heavy atom. The first-order valence-corrected chi connectivity index (χ1v) is 11.9. The van der Waals surface area contributed by atoms with E-state index in [0.29, 0.717) is 5.92 Å². The van der Waals surface area contributed by atoms with Crippen LogP contribution in [-0.4, -0.2) is 0 Å². The number of para-hydroxylation sites is 1. The lowest BCUT2D eigenvalue weighted by molar-refractivity contribution is 0.805. The number of hydrogen-bond donors (Lipinski definition) is 1. The first-order chi connectivity index (χ1) is 16.7. The molecule has 0 spiro atoms. The van der Waals surface area contributed by atoms with Gasteiger partial charge >= 0.3 is 0 Å². The molecule has 1 heteroatoms. The Morgan fingerprint density at radius 1 is 0.500 bits per heavy atom. The van der Waals surface area contributed by atoms with Gasteiger partial charge in [0, 0.05) is 17.3 Å². The van der Waals surface area contributed by atoms with Crippen LogP contribution >= 0.6 is 0 Å². The summed E-state index contributed by atoms with van der Waals surface area (Å²) in [4.78, 5) is 0. The van der Waals surface area contributed by atoms with Gasteiger partial charge in [0.2, 0.25) is 0 Å². The minimum atomic E-state index is 0.344. The van der Waals surface area contributed by atoms with E-state index in [1.807, 2.05) is 18.2 Å². The molecular weight excluding hydrogens is 410 g/mol. The molecular formula is C33H29N. The molecule has 0 radical (unpaired) electrons. The number of rotatable bonds is 7. The molecule has 1 nitrogen and oxygen atoms in total. The fourth-order valence-electron chi connectivity index (χ4n) is 4.42. The first kappa shape index (κ1) is 21.7. The summed E-state index contributed by atoms with van der Waals surface area (Å²) < 4.78 is 0. The van der Waals surface area contributed by atoms with Crippen LogP contribution in [0.25, 0.3) is 11.1 Å². The third-order valence-electron chi connectivity index (χ3n) is 6.36. The Labute approximate surface area is 202 Å². The summed E-state index contributed by atoms with van der Waals surface area (Å²) in [6, 6.07) is 47.7. The van der Waals surface area contributed by atoms with Crippen LogP contribution in [0.2, 0.25) is 0 Å². The molecule has 0 saturated carbocycles. The average Bonchev–Trinajstić information content (AvgIpc) is 2.90. The van der Waals surface area contributed by atoms with Crippen molar-refractivity contribution in [1.82, 2.24) is 0 Å². The van der Waals surface area contributed by atoms with E-state index in [0.717, 1.165) is 17.8 Å². The summed E-state index contributed by atoms with van der Waals surface area (Å²) >= 11 is 0. The van der Waals surface area contributed by atoms with Crippen molar-refractivity contribution in [3.8, 4) is 11.1 Å². The number of hydrogen-bond acceptors (Lipinski definition) is 1. The van der Waals surface area contributed by atoms with Gasteiger partial charge in [-0.05, 0) is 65.4 Å². The molecule has 1 unspecified atom stereocenters. The summed E-state index contributed by atoms with van der Waals surface area (Å²) in [5.41, 5.74) is 10.0.